The summed E-state index contributed by atoms with van der Waals surface area (Å²) < 4.78 is 0. The Morgan fingerprint density at radius 2 is 0.800 bits per heavy atom. The van der Waals surface area contributed by atoms with E-state index in [-0.39, 0.29) is 0 Å². The summed E-state index contributed by atoms with van der Waals surface area (Å²) in [6.07, 6.45) is 1.31. The Morgan fingerprint density at radius 1 is 0.550 bits per heavy atom. The molecule has 0 heteroatoms. The molecule has 0 aromatic rings. The third-order valence-corrected chi connectivity index (χ3v) is 8.16. The lowest BCUT2D eigenvalue weighted by Crippen LogP contribution is -2.68. The van der Waals surface area contributed by atoms with Crippen molar-refractivity contribution in [3.8, 4) is 0 Å². The van der Waals surface area contributed by atoms with E-state index in [1.807, 2.05) is 0 Å². The van der Waals surface area contributed by atoms with Crippen molar-refractivity contribution in [2.75, 3.05) is 0 Å². The van der Waals surface area contributed by atoms with Gasteiger partial charge in [0.1, 0.15) is 0 Å². The van der Waals surface area contributed by atoms with Crippen molar-refractivity contribution in [3.05, 3.63) is 0 Å². The van der Waals surface area contributed by atoms with Crippen molar-refractivity contribution in [3.63, 3.8) is 0 Å². The predicted molar refractivity (Wildman–Crippen MR) is 91.9 cm³/mol. The Morgan fingerprint density at radius 3 is 1.00 bits per heavy atom. The fourth-order valence-corrected chi connectivity index (χ4v) is 7.00. The van der Waals surface area contributed by atoms with E-state index in [1.165, 1.54) is 6.42 Å². The molecule has 0 amide bonds. The van der Waals surface area contributed by atoms with Crippen LogP contribution in [0.15, 0.2) is 0 Å². The molecule has 1 aliphatic rings. The van der Waals surface area contributed by atoms with Crippen LogP contribution in [0.4, 0.5) is 0 Å². The minimum Gasteiger partial charge on any atom is -0.0622 e. The van der Waals surface area contributed by atoms with Crippen LogP contribution >= 0.6 is 0 Å². The summed E-state index contributed by atoms with van der Waals surface area (Å²) in [7, 11) is 0. The van der Waals surface area contributed by atoms with Gasteiger partial charge in [-0.05, 0) is 45.3 Å². The van der Waals surface area contributed by atoms with Crippen LogP contribution in [0, 0.1) is 38.9 Å². The summed E-state index contributed by atoms with van der Waals surface area (Å²) in [6, 6.07) is 0. The first kappa shape index (κ1) is 18.1. The summed E-state index contributed by atoms with van der Waals surface area (Å²) in [6.45, 7) is 30.0. The van der Waals surface area contributed by atoms with Crippen LogP contribution in [-0.2, 0) is 0 Å². The molecular formula is C20H40. The lowest BCUT2D eigenvalue weighted by molar-refractivity contribution is -0.266. The molecule has 0 aromatic carbocycles. The molecule has 1 aliphatic carbocycles. The molecule has 20 heavy (non-hydrogen) atoms. The highest BCUT2D eigenvalue weighted by Gasteiger charge is 2.70. The standard InChI is InChI=1S/C20H40/c1-14(2)20(15(3)4)18(9,10)16(5,6)13-17(7,8)19(20,11)12/h14-15H,13H2,1-12H3. The third-order valence-electron chi connectivity index (χ3n) is 8.16. The van der Waals surface area contributed by atoms with E-state index in [4.69, 9.17) is 0 Å². The van der Waals surface area contributed by atoms with Crippen LogP contribution < -0.4 is 0 Å². The molecule has 0 atom stereocenters. The minimum absolute atomic E-state index is 0.321. The first-order chi connectivity index (χ1) is 8.59. The highest BCUT2D eigenvalue weighted by molar-refractivity contribution is 5.17. The fourth-order valence-electron chi connectivity index (χ4n) is 7.00. The second-order valence-corrected chi connectivity index (χ2v) is 10.4. The van der Waals surface area contributed by atoms with Gasteiger partial charge in [0, 0.05) is 0 Å². The van der Waals surface area contributed by atoms with Crippen molar-refractivity contribution >= 4 is 0 Å². The number of hydrogen-bond acceptors (Lipinski definition) is 0. The zero-order chi connectivity index (χ0) is 16.4. The average Bonchev–Trinajstić information content (AvgIpc) is 2.11. The zero-order valence-electron chi connectivity index (χ0n) is 16.4. The van der Waals surface area contributed by atoms with E-state index in [1.54, 1.807) is 0 Å². The smallest absolute Gasteiger partial charge is 0.0139 e. The molecule has 0 unspecified atom stereocenters. The minimum atomic E-state index is 0.321. The van der Waals surface area contributed by atoms with Crippen molar-refractivity contribution in [2.45, 2.75) is 89.5 Å². The second kappa shape index (κ2) is 4.50. The normalized spacial score (nSPS) is 29.7. The van der Waals surface area contributed by atoms with Gasteiger partial charge in [-0.1, -0.05) is 83.1 Å². The molecule has 0 saturated heterocycles. The molecule has 0 aliphatic heterocycles. The zero-order valence-corrected chi connectivity index (χ0v) is 16.4. The van der Waals surface area contributed by atoms with Crippen LogP contribution in [0.2, 0.25) is 0 Å². The van der Waals surface area contributed by atoms with Crippen molar-refractivity contribution in [2.24, 2.45) is 38.9 Å². The van der Waals surface area contributed by atoms with Gasteiger partial charge in [0.25, 0.3) is 0 Å². The third kappa shape index (κ3) is 1.78. The molecule has 0 spiro atoms. The SMILES string of the molecule is CC(C)C1(C(C)C)C(C)(C)C(C)(C)CC(C)(C)C1(C)C. The van der Waals surface area contributed by atoms with Crippen LogP contribution in [-0.4, -0.2) is 0 Å². The molecule has 0 aromatic heterocycles. The average molecular weight is 281 g/mol. The summed E-state index contributed by atoms with van der Waals surface area (Å²) >= 11 is 0. The van der Waals surface area contributed by atoms with Gasteiger partial charge in [-0.15, -0.1) is 0 Å². The molecular weight excluding hydrogens is 240 g/mol. The van der Waals surface area contributed by atoms with Crippen LogP contribution in [0.1, 0.15) is 89.5 Å². The van der Waals surface area contributed by atoms with Gasteiger partial charge in [0.05, 0.1) is 0 Å². The van der Waals surface area contributed by atoms with Crippen molar-refractivity contribution in [1.82, 2.24) is 0 Å². The quantitative estimate of drug-likeness (QED) is 0.522. The lowest BCUT2D eigenvalue weighted by atomic mass is 9.30. The highest BCUT2D eigenvalue weighted by Crippen LogP contribution is 2.76. The van der Waals surface area contributed by atoms with E-state index < -0.39 is 0 Å². The van der Waals surface area contributed by atoms with Crippen LogP contribution in [0.5, 0.6) is 0 Å². The van der Waals surface area contributed by atoms with Gasteiger partial charge >= 0.3 is 0 Å². The second-order valence-electron chi connectivity index (χ2n) is 10.4. The highest BCUT2D eigenvalue weighted by atomic mass is 14.7. The molecule has 0 nitrogen and oxygen atoms in total. The molecule has 0 bridgehead atoms. The maximum Gasteiger partial charge on any atom is -0.0139 e. The van der Waals surface area contributed by atoms with Crippen molar-refractivity contribution < 1.29 is 0 Å². The summed E-state index contributed by atoms with van der Waals surface area (Å²) in [5.41, 5.74) is 1.70. The predicted octanol–water partition coefficient (Wildman–Crippen LogP) is 6.79. The molecule has 120 valence electrons. The fraction of sp³-hybridized carbons (Fsp3) is 1.00. The number of hydrogen-bond donors (Lipinski definition) is 0. The summed E-state index contributed by atoms with van der Waals surface area (Å²) in [5.74, 6) is 1.37. The molecule has 1 saturated carbocycles. The Kier molecular flexibility index (Phi) is 4.06. The monoisotopic (exact) mass is 280 g/mol. The van der Waals surface area contributed by atoms with E-state index in [0.717, 1.165) is 0 Å². The topological polar surface area (TPSA) is 0 Å². The summed E-state index contributed by atoms with van der Waals surface area (Å²) in [5, 5.41) is 0. The Hall–Kier alpha value is 0. The van der Waals surface area contributed by atoms with E-state index in [0.29, 0.717) is 38.9 Å². The molecule has 0 N–H and O–H groups in total. The molecule has 0 heterocycles. The Balaban J connectivity index is 3.78. The lowest BCUT2D eigenvalue weighted by Gasteiger charge is -2.74. The van der Waals surface area contributed by atoms with Crippen LogP contribution in [0.25, 0.3) is 0 Å². The first-order valence-corrected chi connectivity index (χ1v) is 8.59. The Bertz CT molecular complexity index is 327. The van der Waals surface area contributed by atoms with Gasteiger partial charge in [0.2, 0.25) is 0 Å². The van der Waals surface area contributed by atoms with E-state index >= 15 is 0 Å². The van der Waals surface area contributed by atoms with Gasteiger partial charge in [-0.25, -0.2) is 0 Å². The maximum absolute atomic E-state index is 2.55. The van der Waals surface area contributed by atoms with E-state index in [2.05, 4.69) is 83.1 Å². The van der Waals surface area contributed by atoms with Crippen LogP contribution in [0.3, 0.4) is 0 Å². The number of rotatable bonds is 2. The van der Waals surface area contributed by atoms with Crippen molar-refractivity contribution in [1.29, 1.82) is 0 Å². The molecule has 0 radical (unpaired) electrons. The molecule has 1 rings (SSSR count). The maximum atomic E-state index is 2.55. The molecule has 1 fully saturated rings. The van der Waals surface area contributed by atoms with Gasteiger partial charge in [-0.3, -0.25) is 0 Å². The Labute approximate surface area is 129 Å². The van der Waals surface area contributed by atoms with Gasteiger partial charge in [-0.2, -0.15) is 0 Å². The van der Waals surface area contributed by atoms with Gasteiger partial charge in [0.15, 0.2) is 0 Å². The van der Waals surface area contributed by atoms with Gasteiger partial charge < -0.3 is 0 Å². The first-order valence-electron chi connectivity index (χ1n) is 8.59. The van der Waals surface area contributed by atoms with E-state index in [9.17, 15) is 0 Å². The largest absolute Gasteiger partial charge is 0.0622 e. The summed E-state index contributed by atoms with van der Waals surface area (Å²) in [4.78, 5) is 0.